The minimum atomic E-state index is 0.486. The van der Waals surface area contributed by atoms with E-state index in [1.807, 2.05) is 0 Å². The van der Waals surface area contributed by atoms with Crippen LogP contribution < -0.4 is 0 Å². The van der Waals surface area contributed by atoms with E-state index in [-0.39, 0.29) is 0 Å². The lowest BCUT2D eigenvalue weighted by Crippen LogP contribution is -2.14. The van der Waals surface area contributed by atoms with Crippen LogP contribution in [-0.4, -0.2) is 6.10 Å². The van der Waals surface area contributed by atoms with E-state index in [0.717, 1.165) is 17.8 Å². The van der Waals surface area contributed by atoms with Crippen LogP contribution in [0.2, 0.25) is 0 Å². The van der Waals surface area contributed by atoms with Gasteiger partial charge in [-0.15, -0.1) is 0 Å². The highest BCUT2D eigenvalue weighted by molar-refractivity contribution is 7.09. The fraction of sp³-hybridized carbons (Fsp3) is 1.00. The molecule has 0 bridgehead atoms. The van der Waals surface area contributed by atoms with Crippen molar-refractivity contribution < 1.29 is 4.52 Å². The summed E-state index contributed by atoms with van der Waals surface area (Å²) in [4.78, 5) is 0. The molecule has 1 saturated carbocycles. The number of hydrogen-bond acceptors (Lipinski definition) is 1. The van der Waals surface area contributed by atoms with Gasteiger partial charge in [0.2, 0.25) is 0 Å². The lowest BCUT2D eigenvalue weighted by Gasteiger charge is -2.17. The van der Waals surface area contributed by atoms with Crippen molar-refractivity contribution in [3.63, 3.8) is 0 Å². The molecule has 1 aliphatic rings. The van der Waals surface area contributed by atoms with Crippen LogP contribution in [0.15, 0.2) is 0 Å². The van der Waals surface area contributed by atoms with Crippen molar-refractivity contribution in [3.05, 3.63) is 0 Å². The van der Waals surface area contributed by atoms with Crippen LogP contribution in [0.25, 0.3) is 0 Å². The standard InChI is InChI=1S/C9H19OP/c1-4-8-5-9(10-11)7(3)6(8)2/h6-9H,4-5,11H2,1-3H3. The highest BCUT2D eigenvalue weighted by Crippen LogP contribution is 2.40. The highest BCUT2D eigenvalue weighted by atomic mass is 31.0. The van der Waals surface area contributed by atoms with Gasteiger partial charge in [-0.2, -0.15) is 0 Å². The summed E-state index contributed by atoms with van der Waals surface area (Å²) in [6.07, 6.45) is 3.04. The summed E-state index contributed by atoms with van der Waals surface area (Å²) in [5, 5.41) is 0. The van der Waals surface area contributed by atoms with Crippen LogP contribution in [0, 0.1) is 17.8 Å². The second-order valence-electron chi connectivity index (χ2n) is 3.80. The summed E-state index contributed by atoms with van der Waals surface area (Å²) >= 11 is 0. The van der Waals surface area contributed by atoms with Gasteiger partial charge in [-0.05, 0) is 24.2 Å². The van der Waals surface area contributed by atoms with Crippen molar-refractivity contribution >= 4 is 9.47 Å². The normalized spacial score (nSPS) is 44.7. The molecular weight excluding hydrogens is 155 g/mol. The average Bonchev–Trinajstić information content (AvgIpc) is 2.30. The van der Waals surface area contributed by atoms with Crippen molar-refractivity contribution in [2.24, 2.45) is 17.8 Å². The van der Waals surface area contributed by atoms with E-state index in [1.165, 1.54) is 12.8 Å². The molecule has 1 rings (SSSR count). The van der Waals surface area contributed by atoms with Gasteiger partial charge in [0.25, 0.3) is 0 Å². The van der Waals surface area contributed by atoms with Crippen LogP contribution in [0.4, 0.5) is 0 Å². The van der Waals surface area contributed by atoms with E-state index in [2.05, 4.69) is 30.2 Å². The van der Waals surface area contributed by atoms with Crippen molar-refractivity contribution in [1.82, 2.24) is 0 Å². The molecule has 5 atom stereocenters. The highest BCUT2D eigenvalue weighted by Gasteiger charge is 2.36. The zero-order valence-corrected chi connectivity index (χ0v) is 8.86. The number of hydrogen-bond donors (Lipinski definition) is 0. The predicted octanol–water partition coefficient (Wildman–Crippen LogP) is 2.86. The molecule has 0 amide bonds. The van der Waals surface area contributed by atoms with Gasteiger partial charge < -0.3 is 4.52 Å². The van der Waals surface area contributed by atoms with Crippen LogP contribution in [-0.2, 0) is 4.52 Å². The molecule has 0 aliphatic heterocycles. The predicted molar refractivity (Wildman–Crippen MR) is 51.3 cm³/mol. The Kier molecular flexibility index (Phi) is 3.33. The molecule has 0 saturated heterocycles. The zero-order chi connectivity index (χ0) is 8.43. The van der Waals surface area contributed by atoms with Gasteiger partial charge in [0, 0.05) is 9.47 Å². The average molecular weight is 174 g/mol. The van der Waals surface area contributed by atoms with E-state index < -0.39 is 0 Å². The first-order chi connectivity index (χ1) is 5.20. The lowest BCUT2D eigenvalue weighted by molar-refractivity contribution is 0.184. The van der Waals surface area contributed by atoms with Gasteiger partial charge in [-0.1, -0.05) is 27.2 Å². The third-order valence-electron chi connectivity index (χ3n) is 3.39. The van der Waals surface area contributed by atoms with Crippen LogP contribution in [0.3, 0.4) is 0 Å². The molecule has 1 aliphatic carbocycles. The molecule has 1 fully saturated rings. The Morgan fingerprint density at radius 2 is 2.00 bits per heavy atom. The quantitative estimate of drug-likeness (QED) is 0.585. The Morgan fingerprint density at radius 1 is 1.36 bits per heavy atom. The smallest absolute Gasteiger partial charge is 0.0641 e. The lowest BCUT2D eigenvalue weighted by atomic mass is 9.91. The van der Waals surface area contributed by atoms with E-state index in [4.69, 9.17) is 4.52 Å². The van der Waals surface area contributed by atoms with E-state index in [0.29, 0.717) is 6.10 Å². The van der Waals surface area contributed by atoms with Crippen molar-refractivity contribution in [3.8, 4) is 0 Å². The molecule has 0 spiro atoms. The molecular formula is C9H19OP. The van der Waals surface area contributed by atoms with Crippen LogP contribution >= 0.6 is 9.47 Å². The van der Waals surface area contributed by atoms with Gasteiger partial charge in [0.1, 0.15) is 0 Å². The maximum Gasteiger partial charge on any atom is 0.0641 e. The molecule has 66 valence electrons. The maximum atomic E-state index is 5.34. The largest absolute Gasteiger partial charge is 0.362 e. The fourth-order valence-electron chi connectivity index (χ4n) is 2.21. The molecule has 0 heterocycles. The first kappa shape index (κ1) is 9.48. The second-order valence-corrected chi connectivity index (χ2v) is 4.07. The molecule has 0 aromatic carbocycles. The summed E-state index contributed by atoms with van der Waals surface area (Å²) in [7, 11) is 2.40. The first-order valence-electron chi connectivity index (χ1n) is 4.56. The van der Waals surface area contributed by atoms with Gasteiger partial charge >= 0.3 is 0 Å². The molecule has 11 heavy (non-hydrogen) atoms. The van der Waals surface area contributed by atoms with Crippen molar-refractivity contribution in [2.75, 3.05) is 0 Å². The van der Waals surface area contributed by atoms with Crippen molar-refractivity contribution in [1.29, 1.82) is 0 Å². The fourth-order valence-corrected chi connectivity index (χ4v) is 2.57. The second kappa shape index (κ2) is 3.87. The summed E-state index contributed by atoms with van der Waals surface area (Å²) in [5.74, 6) is 2.46. The van der Waals surface area contributed by atoms with E-state index >= 15 is 0 Å². The zero-order valence-electron chi connectivity index (χ0n) is 7.71. The Bertz CT molecular complexity index is 109. The molecule has 0 aromatic rings. The first-order valence-corrected chi connectivity index (χ1v) is 5.03. The van der Waals surface area contributed by atoms with Gasteiger partial charge in [-0.3, -0.25) is 0 Å². The topological polar surface area (TPSA) is 9.23 Å². The summed E-state index contributed by atoms with van der Waals surface area (Å²) in [5.41, 5.74) is 0. The van der Waals surface area contributed by atoms with E-state index in [1.54, 1.807) is 0 Å². The Balaban J connectivity index is 2.53. The minimum absolute atomic E-state index is 0.486. The summed E-state index contributed by atoms with van der Waals surface area (Å²) in [6.45, 7) is 6.93. The third kappa shape index (κ3) is 1.76. The van der Waals surface area contributed by atoms with E-state index in [9.17, 15) is 0 Å². The molecule has 5 unspecified atom stereocenters. The van der Waals surface area contributed by atoms with Crippen LogP contribution in [0.1, 0.15) is 33.6 Å². The molecule has 0 radical (unpaired) electrons. The SMILES string of the molecule is CCC1CC(OP)C(C)C1C. The Morgan fingerprint density at radius 3 is 2.27 bits per heavy atom. The van der Waals surface area contributed by atoms with Crippen molar-refractivity contribution in [2.45, 2.75) is 39.7 Å². The van der Waals surface area contributed by atoms with Gasteiger partial charge in [0.05, 0.1) is 6.10 Å². The molecule has 0 N–H and O–H groups in total. The maximum absolute atomic E-state index is 5.34. The third-order valence-corrected chi connectivity index (χ3v) is 3.74. The van der Waals surface area contributed by atoms with Gasteiger partial charge in [-0.25, -0.2) is 0 Å². The summed E-state index contributed by atoms with van der Waals surface area (Å²) < 4.78 is 5.34. The molecule has 0 aromatic heterocycles. The Hall–Kier alpha value is 0.390. The monoisotopic (exact) mass is 174 g/mol. The summed E-state index contributed by atoms with van der Waals surface area (Å²) in [6, 6.07) is 0. The van der Waals surface area contributed by atoms with Crippen LogP contribution in [0.5, 0.6) is 0 Å². The number of rotatable bonds is 2. The molecule has 1 nitrogen and oxygen atoms in total. The molecule has 2 heteroatoms. The minimum Gasteiger partial charge on any atom is -0.362 e. The van der Waals surface area contributed by atoms with Gasteiger partial charge in [0.15, 0.2) is 0 Å². The Labute approximate surface area is 72.2 Å².